The molecule has 2 aromatic rings. The molecule has 2 rings (SSSR count). The van der Waals surface area contributed by atoms with Crippen LogP contribution in [0.2, 0.25) is 0 Å². The minimum atomic E-state index is -1.73. The van der Waals surface area contributed by atoms with Crippen LogP contribution in [0.3, 0.4) is 0 Å². The summed E-state index contributed by atoms with van der Waals surface area (Å²) in [5.41, 5.74) is 2.03. The van der Waals surface area contributed by atoms with Crippen LogP contribution in [0.4, 0.5) is 8.78 Å². The SMILES string of the molecule is CC(CCOC(=O)c1cnn(Cc2ccccc2)c1C)=C(F)F. The van der Waals surface area contributed by atoms with E-state index in [-0.39, 0.29) is 18.6 Å². The summed E-state index contributed by atoms with van der Waals surface area (Å²) in [7, 11) is 0. The van der Waals surface area contributed by atoms with Gasteiger partial charge in [-0.2, -0.15) is 13.9 Å². The zero-order valence-corrected chi connectivity index (χ0v) is 13.1. The van der Waals surface area contributed by atoms with Crippen LogP contribution in [-0.2, 0) is 11.3 Å². The number of carbonyl (C=O) groups is 1. The van der Waals surface area contributed by atoms with Crippen molar-refractivity contribution in [1.82, 2.24) is 9.78 Å². The van der Waals surface area contributed by atoms with Gasteiger partial charge >= 0.3 is 5.97 Å². The first-order valence-corrected chi connectivity index (χ1v) is 7.23. The molecule has 0 unspecified atom stereocenters. The average molecular weight is 320 g/mol. The Balaban J connectivity index is 1.98. The third-order valence-corrected chi connectivity index (χ3v) is 3.53. The van der Waals surface area contributed by atoms with Crippen molar-refractivity contribution in [3.63, 3.8) is 0 Å². The summed E-state index contributed by atoms with van der Waals surface area (Å²) >= 11 is 0. The van der Waals surface area contributed by atoms with Crippen LogP contribution in [-0.4, -0.2) is 22.4 Å². The van der Waals surface area contributed by atoms with Gasteiger partial charge in [0.1, 0.15) is 5.56 Å². The molecule has 0 aliphatic heterocycles. The molecule has 122 valence electrons. The van der Waals surface area contributed by atoms with Gasteiger partial charge in [-0.15, -0.1) is 0 Å². The predicted octanol–water partition coefficient (Wildman–Crippen LogP) is 3.96. The molecule has 1 aromatic heterocycles. The summed E-state index contributed by atoms with van der Waals surface area (Å²) in [6.07, 6.45) is -0.266. The molecule has 0 radical (unpaired) electrons. The second-order valence-electron chi connectivity index (χ2n) is 5.21. The zero-order chi connectivity index (χ0) is 16.8. The van der Waals surface area contributed by atoms with Gasteiger partial charge in [-0.1, -0.05) is 30.3 Å². The van der Waals surface area contributed by atoms with Gasteiger partial charge in [-0.3, -0.25) is 4.68 Å². The summed E-state index contributed by atoms with van der Waals surface area (Å²) in [5.74, 6) is -0.547. The summed E-state index contributed by atoms with van der Waals surface area (Å²) < 4.78 is 31.3. The molecule has 0 fully saturated rings. The number of rotatable bonds is 6. The highest BCUT2D eigenvalue weighted by Crippen LogP contribution is 2.14. The van der Waals surface area contributed by atoms with E-state index in [1.807, 2.05) is 30.3 Å². The molecule has 23 heavy (non-hydrogen) atoms. The number of hydrogen-bond acceptors (Lipinski definition) is 3. The van der Waals surface area contributed by atoms with E-state index in [9.17, 15) is 13.6 Å². The van der Waals surface area contributed by atoms with Crippen molar-refractivity contribution in [3.05, 3.63) is 65.0 Å². The second kappa shape index (κ2) is 7.67. The molecular formula is C17H18F2N2O2. The highest BCUT2D eigenvalue weighted by molar-refractivity contribution is 5.90. The standard InChI is InChI=1S/C17H18F2N2O2/c1-12(16(18)19)8-9-23-17(22)15-10-20-21(13(15)2)11-14-6-4-3-5-7-14/h3-7,10H,8-9,11H2,1-2H3. The van der Waals surface area contributed by atoms with Crippen LogP contribution in [0.1, 0.15) is 35.0 Å². The lowest BCUT2D eigenvalue weighted by molar-refractivity contribution is 0.0507. The molecule has 6 heteroatoms. The number of benzene rings is 1. The number of halogens is 2. The van der Waals surface area contributed by atoms with Gasteiger partial charge in [-0.25, -0.2) is 4.79 Å². The van der Waals surface area contributed by atoms with Gasteiger partial charge < -0.3 is 4.74 Å². The van der Waals surface area contributed by atoms with Gasteiger partial charge in [0.25, 0.3) is 6.08 Å². The van der Waals surface area contributed by atoms with E-state index in [2.05, 4.69) is 5.10 Å². The molecule has 1 heterocycles. The highest BCUT2D eigenvalue weighted by Gasteiger charge is 2.16. The van der Waals surface area contributed by atoms with E-state index in [0.29, 0.717) is 17.8 Å². The normalized spacial score (nSPS) is 10.4. The third-order valence-electron chi connectivity index (χ3n) is 3.53. The third kappa shape index (κ3) is 4.48. The maximum atomic E-state index is 12.3. The van der Waals surface area contributed by atoms with Crippen LogP contribution in [0.25, 0.3) is 0 Å². The van der Waals surface area contributed by atoms with Gasteiger partial charge in [0.05, 0.1) is 25.0 Å². The fourth-order valence-electron chi connectivity index (χ4n) is 2.03. The zero-order valence-electron chi connectivity index (χ0n) is 13.1. The molecule has 0 aliphatic carbocycles. The largest absolute Gasteiger partial charge is 0.462 e. The topological polar surface area (TPSA) is 44.1 Å². The van der Waals surface area contributed by atoms with Crippen molar-refractivity contribution in [1.29, 1.82) is 0 Å². The minimum absolute atomic E-state index is 0.0191. The Morgan fingerprint density at radius 3 is 2.61 bits per heavy atom. The van der Waals surface area contributed by atoms with E-state index in [0.717, 1.165) is 5.56 Å². The number of carbonyl (C=O) groups excluding carboxylic acids is 1. The number of esters is 1. The number of hydrogen-bond donors (Lipinski definition) is 0. The van der Waals surface area contributed by atoms with Crippen LogP contribution in [0.15, 0.2) is 48.2 Å². The lowest BCUT2D eigenvalue weighted by atomic mass is 10.2. The predicted molar refractivity (Wildman–Crippen MR) is 82.3 cm³/mol. The molecule has 4 nitrogen and oxygen atoms in total. The maximum absolute atomic E-state index is 12.3. The first-order valence-electron chi connectivity index (χ1n) is 7.23. The molecule has 0 spiro atoms. The Bertz CT molecular complexity index is 705. The average Bonchev–Trinajstić information content (AvgIpc) is 2.89. The van der Waals surface area contributed by atoms with Gasteiger partial charge in [-0.05, 0) is 25.0 Å². The molecule has 0 atom stereocenters. The summed E-state index contributed by atoms with van der Waals surface area (Å²) in [4.78, 5) is 12.0. The Kier molecular flexibility index (Phi) is 5.62. The summed E-state index contributed by atoms with van der Waals surface area (Å²) in [6, 6.07) is 9.74. The number of aromatic nitrogens is 2. The first kappa shape index (κ1) is 16.9. The maximum Gasteiger partial charge on any atom is 0.341 e. The Hall–Kier alpha value is -2.50. The monoisotopic (exact) mass is 320 g/mol. The minimum Gasteiger partial charge on any atom is -0.462 e. The van der Waals surface area contributed by atoms with E-state index < -0.39 is 12.0 Å². The first-order chi connectivity index (χ1) is 11.0. The molecule has 0 N–H and O–H groups in total. The lowest BCUT2D eigenvalue weighted by Crippen LogP contribution is -2.09. The number of nitrogens with zero attached hydrogens (tertiary/aromatic N) is 2. The van der Waals surface area contributed by atoms with Crippen LogP contribution in [0.5, 0.6) is 0 Å². The van der Waals surface area contributed by atoms with Gasteiger partial charge in [0, 0.05) is 6.42 Å². The van der Waals surface area contributed by atoms with Crippen molar-refractivity contribution in [3.8, 4) is 0 Å². The Labute approximate surface area is 133 Å². The number of ether oxygens (including phenoxy) is 1. The van der Waals surface area contributed by atoms with E-state index in [1.54, 1.807) is 11.6 Å². The van der Waals surface area contributed by atoms with Crippen molar-refractivity contribution in [2.75, 3.05) is 6.61 Å². The van der Waals surface area contributed by atoms with Crippen molar-refractivity contribution in [2.24, 2.45) is 0 Å². The van der Waals surface area contributed by atoms with Crippen molar-refractivity contribution in [2.45, 2.75) is 26.8 Å². The van der Waals surface area contributed by atoms with Crippen molar-refractivity contribution < 1.29 is 18.3 Å². The molecule has 0 bridgehead atoms. The quantitative estimate of drug-likeness (QED) is 0.757. The fourth-order valence-corrected chi connectivity index (χ4v) is 2.03. The molecule has 1 aromatic carbocycles. The lowest BCUT2D eigenvalue weighted by Gasteiger charge is -2.06. The van der Waals surface area contributed by atoms with E-state index >= 15 is 0 Å². The van der Waals surface area contributed by atoms with E-state index in [4.69, 9.17) is 4.74 Å². The van der Waals surface area contributed by atoms with Crippen LogP contribution < -0.4 is 0 Å². The molecule has 0 amide bonds. The van der Waals surface area contributed by atoms with Gasteiger partial charge in [0.15, 0.2) is 0 Å². The summed E-state index contributed by atoms with van der Waals surface area (Å²) in [6.45, 7) is 3.56. The smallest absolute Gasteiger partial charge is 0.341 e. The van der Waals surface area contributed by atoms with Gasteiger partial charge in [0.2, 0.25) is 0 Å². The Morgan fingerprint density at radius 2 is 1.96 bits per heavy atom. The molecule has 0 aliphatic rings. The summed E-state index contributed by atoms with van der Waals surface area (Å²) in [5, 5.41) is 4.19. The van der Waals surface area contributed by atoms with E-state index in [1.165, 1.54) is 13.1 Å². The molecular weight excluding hydrogens is 302 g/mol. The molecule has 0 saturated heterocycles. The Morgan fingerprint density at radius 1 is 1.26 bits per heavy atom. The van der Waals surface area contributed by atoms with Crippen molar-refractivity contribution >= 4 is 5.97 Å². The highest BCUT2D eigenvalue weighted by atomic mass is 19.3. The molecule has 0 saturated carbocycles. The second-order valence-corrected chi connectivity index (χ2v) is 5.21. The fraction of sp³-hybridized carbons (Fsp3) is 0.294. The van der Waals surface area contributed by atoms with Crippen LogP contribution >= 0.6 is 0 Å². The van der Waals surface area contributed by atoms with Crippen LogP contribution in [0, 0.1) is 6.92 Å².